The lowest BCUT2D eigenvalue weighted by molar-refractivity contribution is 0.102. The second kappa shape index (κ2) is 9.21. The maximum Gasteiger partial charge on any atom is 0.192 e. The van der Waals surface area contributed by atoms with Gasteiger partial charge in [-0.25, -0.2) is 0 Å². The topological polar surface area (TPSA) is 57.0 Å². The quantitative estimate of drug-likeness (QED) is 0.262. The lowest BCUT2D eigenvalue weighted by atomic mass is 10.1. The minimum Gasteiger partial charge on any atom is -0.497 e. The number of nitrogens with zero attached hydrogens (tertiary/aromatic N) is 3. The molecule has 0 atom stereocenters. The van der Waals surface area contributed by atoms with Crippen LogP contribution in [0.4, 0.5) is 0 Å². The number of ether oxygens (including phenoxy) is 1. The molecule has 0 saturated heterocycles. The SMILES string of the molecule is C=C(C)Cn1c(SCC(=O)c2ccc(OC)cc2)nnc1-c1ccc(Br)cc1. The Morgan fingerprint density at radius 1 is 1.14 bits per heavy atom. The zero-order valence-electron chi connectivity index (χ0n) is 15.7. The van der Waals surface area contributed by atoms with E-state index in [2.05, 4.69) is 32.7 Å². The molecule has 0 aliphatic heterocycles. The molecule has 28 heavy (non-hydrogen) atoms. The number of Topliss-reactive ketones (excluding diaryl/α,β-unsaturated/α-hetero) is 1. The van der Waals surface area contributed by atoms with Crippen LogP contribution in [0, 0.1) is 0 Å². The smallest absolute Gasteiger partial charge is 0.192 e. The molecule has 0 N–H and O–H groups in total. The van der Waals surface area contributed by atoms with E-state index in [1.165, 1.54) is 11.8 Å². The standard InChI is InChI=1S/C21H20BrN3O2S/c1-14(2)12-25-20(16-4-8-17(22)9-5-16)23-24-21(25)28-13-19(26)15-6-10-18(27-3)11-7-15/h4-11H,1,12-13H2,2-3H3. The minimum atomic E-state index is 0.0303. The van der Waals surface area contributed by atoms with E-state index in [9.17, 15) is 4.79 Å². The zero-order valence-corrected chi connectivity index (χ0v) is 18.1. The summed E-state index contributed by atoms with van der Waals surface area (Å²) in [6.07, 6.45) is 0. The van der Waals surface area contributed by atoms with Crippen LogP contribution < -0.4 is 4.74 Å². The van der Waals surface area contributed by atoms with Crippen LogP contribution in [0.25, 0.3) is 11.4 Å². The summed E-state index contributed by atoms with van der Waals surface area (Å²) in [7, 11) is 1.60. The van der Waals surface area contributed by atoms with Crippen molar-refractivity contribution in [3.8, 4) is 17.1 Å². The molecule has 0 fully saturated rings. The van der Waals surface area contributed by atoms with Crippen LogP contribution in [0.15, 0.2) is 70.3 Å². The monoisotopic (exact) mass is 457 g/mol. The Bertz CT molecular complexity index is 982. The van der Waals surface area contributed by atoms with Gasteiger partial charge >= 0.3 is 0 Å². The van der Waals surface area contributed by atoms with Gasteiger partial charge in [0.05, 0.1) is 12.9 Å². The van der Waals surface area contributed by atoms with Crippen molar-refractivity contribution in [1.29, 1.82) is 0 Å². The predicted molar refractivity (Wildman–Crippen MR) is 116 cm³/mol. The maximum absolute atomic E-state index is 12.5. The number of aromatic nitrogens is 3. The highest BCUT2D eigenvalue weighted by Crippen LogP contribution is 2.26. The van der Waals surface area contributed by atoms with Gasteiger partial charge in [0.15, 0.2) is 16.8 Å². The maximum atomic E-state index is 12.5. The highest BCUT2D eigenvalue weighted by atomic mass is 79.9. The number of halogens is 1. The normalized spacial score (nSPS) is 10.7. The molecule has 0 spiro atoms. The average molecular weight is 458 g/mol. The van der Waals surface area contributed by atoms with Gasteiger partial charge in [-0.3, -0.25) is 9.36 Å². The molecule has 0 bridgehead atoms. The highest BCUT2D eigenvalue weighted by Gasteiger charge is 2.16. The molecular weight excluding hydrogens is 438 g/mol. The number of methoxy groups -OCH3 is 1. The molecule has 0 amide bonds. The van der Waals surface area contributed by atoms with E-state index >= 15 is 0 Å². The summed E-state index contributed by atoms with van der Waals surface area (Å²) in [5.74, 6) is 1.79. The van der Waals surface area contributed by atoms with E-state index in [0.29, 0.717) is 17.3 Å². The van der Waals surface area contributed by atoms with Gasteiger partial charge < -0.3 is 4.74 Å². The first-order valence-corrected chi connectivity index (χ1v) is 10.4. The van der Waals surface area contributed by atoms with Gasteiger partial charge in [-0.2, -0.15) is 0 Å². The Labute approximate surface area is 177 Å². The van der Waals surface area contributed by atoms with E-state index in [4.69, 9.17) is 4.74 Å². The molecule has 7 heteroatoms. The number of carbonyl (C=O) groups excluding carboxylic acids is 1. The molecule has 1 aromatic heterocycles. The number of carbonyl (C=O) groups is 1. The summed E-state index contributed by atoms with van der Waals surface area (Å²) in [6, 6.07) is 15.0. The minimum absolute atomic E-state index is 0.0303. The van der Waals surface area contributed by atoms with Crippen LogP contribution >= 0.6 is 27.7 Å². The van der Waals surface area contributed by atoms with Crippen LogP contribution in [-0.4, -0.2) is 33.4 Å². The summed E-state index contributed by atoms with van der Waals surface area (Å²) in [5, 5.41) is 9.36. The van der Waals surface area contributed by atoms with Gasteiger partial charge in [-0.1, -0.05) is 52.0 Å². The molecule has 2 aromatic carbocycles. The van der Waals surface area contributed by atoms with Crippen molar-refractivity contribution in [2.24, 2.45) is 0 Å². The average Bonchev–Trinajstić information content (AvgIpc) is 3.08. The summed E-state index contributed by atoms with van der Waals surface area (Å²) in [6.45, 7) is 6.56. The van der Waals surface area contributed by atoms with E-state index < -0.39 is 0 Å². The van der Waals surface area contributed by atoms with Gasteiger partial charge in [-0.15, -0.1) is 10.2 Å². The van der Waals surface area contributed by atoms with Gasteiger partial charge in [-0.05, 0) is 43.3 Å². The summed E-state index contributed by atoms with van der Waals surface area (Å²) < 4.78 is 8.13. The first-order valence-electron chi connectivity index (χ1n) is 8.61. The highest BCUT2D eigenvalue weighted by molar-refractivity contribution is 9.10. The van der Waals surface area contributed by atoms with Crippen molar-refractivity contribution >= 4 is 33.5 Å². The lowest BCUT2D eigenvalue weighted by Crippen LogP contribution is -2.06. The fourth-order valence-corrected chi connectivity index (χ4v) is 3.71. The number of benzene rings is 2. The van der Waals surface area contributed by atoms with Crippen molar-refractivity contribution in [1.82, 2.24) is 14.8 Å². The molecule has 0 unspecified atom stereocenters. The molecule has 3 rings (SSSR count). The van der Waals surface area contributed by atoms with Crippen molar-refractivity contribution in [3.63, 3.8) is 0 Å². The lowest BCUT2D eigenvalue weighted by Gasteiger charge is -2.10. The van der Waals surface area contributed by atoms with E-state index in [1.807, 2.05) is 35.8 Å². The molecule has 0 aliphatic carbocycles. The van der Waals surface area contributed by atoms with Crippen LogP contribution in [0.1, 0.15) is 17.3 Å². The molecule has 0 aliphatic rings. The third kappa shape index (κ3) is 4.91. The Morgan fingerprint density at radius 3 is 2.43 bits per heavy atom. The van der Waals surface area contributed by atoms with Gasteiger partial charge in [0.2, 0.25) is 0 Å². The molecular formula is C21H20BrN3O2S. The number of thioether (sulfide) groups is 1. The third-order valence-electron chi connectivity index (χ3n) is 3.99. The summed E-state index contributed by atoms with van der Waals surface area (Å²) in [4.78, 5) is 12.5. The van der Waals surface area contributed by atoms with E-state index in [-0.39, 0.29) is 11.5 Å². The van der Waals surface area contributed by atoms with Gasteiger partial charge in [0.25, 0.3) is 0 Å². The first kappa shape index (κ1) is 20.4. The fraction of sp³-hybridized carbons (Fsp3) is 0.190. The van der Waals surface area contributed by atoms with E-state index in [0.717, 1.165) is 27.2 Å². The number of rotatable bonds is 8. The Kier molecular flexibility index (Phi) is 6.70. The summed E-state index contributed by atoms with van der Waals surface area (Å²) >= 11 is 4.83. The molecule has 144 valence electrons. The molecule has 3 aromatic rings. The fourth-order valence-electron chi connectivity index (χ4n) is 2.61. The van der Waals surface area contributed by atoms with Crippen LogP contribution in [-0.2, 0) is 6.54 Å². The van der Waals surface area contributed by atoms with E-state index in [1.54, 1.807) is 31.4 Å². The van der Waals surface area contributed by atoms with Crippen molar-refractivity contribution in [3.05, 3.63) is 70.7 Å². The summed E-state index contributed by atoms with van der Waals surface area (Å²) in [5.41, 5.74) is 2.60. The van der Waals surface area contributed by atoms with Gasteiger partial charge in [0.1, 0.15) is 5.75 Å². The number of hydrogen-bond acceptors (Lipinski definition) is 5. The first-order chi connectivity index (χ1) is 13.5. The number of ketones is 1. The van der Waals surface area contributed by atoms with Crippen LogP contribution in [0.2, 0.25) is 0 Å². The zero-order chi connectivity index (χ0) is 20.1. The van der Waals surface area contributed by atoms with Gasteiger partial charge in [0, 0.05) is 22.1 Å². The Balaban J connectivity index is 1.80. The molecule has 0 radical (unpaired) electrons. The largest absolute Gasteiger partial charge is 0.497 e. The van der Waals surface area contributed by atoms with Crippen molar-refractivity contribution < 1.29 is 9.53 Å². The Morgan fingerprint density at radius 2 is 1.82 bits per heavy atom. The third-order valence-corrected chi connectivity index (χ3v) is 5.49. The predicted octanol–water partition coefficient (Wildman–Crippen LogP) is 5.27. The molecule has 0 saturated carbocycles. The molecule has 1 heterocycles. The second-order valence-corrected chi connectivity index (χ2v) is 8.15. The van der Waals surface area contributed by atoms with Crippen LogP contribution in [0.5, 0.6) is 5.75 Å². The second-order valence-electron chi connectivity index (χ2n) is 6.30. The number of allylic oxidation sites excluding steroid dienone is 1. The molecule has 5 nitrogen and oxygen atoms in total. The Hall–Kier alpha value is -2.38. The van der Waals surface area contributed by atoms with Crippen molar-refractivity contribution in [2.45, 2.75) is 18.6 Å². The number of hydrogen-bond donors (Lipinski definition) is 0. The van der Waals surface area contributed by atoms with Crippen LogP contribution in [0.3, 0.4) is 0 Å². The van der Waals surface area contributed by atoms with Crippen molar-refractivity contribution in [2.75, 3.05) is 12.9 Å².